The molecule has 0 atom stereocenters. The Morgan fingerprint density at radius 3 is 2.61 bits per heavy atom. The van der Waals surface area contributed by atoms with Crippen molar-refractivity contribution in [3.8, 4) is 0 Å². The molecule has 0 radical (unpaired) electrons. The summed E-state index contributed by atoms with van der Waals surface area (Å²) >= 11 is 1.06. The summed E-state index contributed by atoms with van der Waals surface area (Å²) in [7, 11) is 1.59. The van der Waals surface area contributed by atoms with Gasteiger partial charge in [-0.1, -0.05) is 18.2 Å². The zero-order valence-corrected chi connectivity index (χ0v) is 13.7. The van der Waals surface area contributed by atoms with Gasteiger partial charge in [0.05, 0.1) is 6.20 Å². The van der Waals surface area contributed by atoms with Crippen molar-refractivity contribution in [2.45, 2.75) is 19.8 Å². The number of aromatic nitrogens is 1. The molecule has 0 aliphatic rings. The average molecular weight is 331 g/mol. The van der Waals surface area contributed by atoms with E-state index in [2.05, 4.69) is 15.6 Å². The predicted octanol–water partition coefficient (Wildman–Crippen LogP) is 2.28. The first-order valence-electron chi connectivity index (χ1n) is 7.08. The maximum Gasteiger partial charge on any atom is 0.267 e. The lowest BCUT2D eigenvalue weighted by Crippen LogP contribution is -2.18. The van der Waals surface area contributed by atoms with Crippen molar-refractivity contribution in [2.24, 2.45) is 0 Å². The van der Waals surface area contributed by atoms with Gasteiger partial charge >= 0.3 is 0 Å². The van der Waals surface area contributed by atoms with Gasteiger partial charge in [-0.3, -0.25) is 14.4 Å². The predicted molar refractivity (Wildman–Crippen MR) is 88.9 cm³/mol. The van der Waals surface area contributed by atoms with Gasteiger partial charge in [0.2, 0.25) is 5.91 Å². The number of amides is 2. The number of rotatable bonds is 6. The molecule has 120 valence electrons. The lowest BCUT2D eigenvalue weighted by Gasteiger charge is -2.10. The van der Waals surface area contributed by atoms with E-state index in [9.17, 15) is 14.4 Å². The maximum atomic E-state index is 12.3. The van der Waals surface area contributed by atoms with Crippen LogP contribution in [0.2, 0.25) is 0 Å². The van der Waals surface area contributed by atoms with E-state index in [1.54, 1.807) is 13.1 Å². The molecule has 1 heterocycles. The molecule has 7 heteroatoms. The highest BCUT2D eigenvalue weighted by atomic mass is 32.1. The second kappa shape index (κ2) is 7.64. The van der Waals surface area contributed by atoms with Crippen LogP contribution in [0.5, 0.6) is 0 Å². The highest BCUT2D eigenvalue weighted by Crippen LogP contribution is 2.20. The monoisotopic (exact) mass is 331 g/mol. The number of nitrogens with one attached hydrogen (secondary N) is 2. The number of hydrogen-bond donors (Lipinski definition) is 2. The van der Waals surface area contributed by atoms with E-state index in [0.717, 1.165) is 16.9 Å². The zero-order valence-electron chi connectivity index (χ0n) is 12.9. The molecule has 2 amide bonds. The molecule has 6 nitrogen and oxygen atoms in total. The number of thiazole rings is 1. The molecule has 0 fully saturated rings. The second-order valence-electron chi connectivity index (χ2n) is 4.87. The largest absolute Gasteiger partial charge is 0.359 e. The molecule has 0 saturated heterocycles. The lowest BCUT2D eigenvalue weighted by molar-refractivity contribution is -0.120. The first kappa shape index (κ1) is 16.8. The van der Waals surface area contributed by atoms with E-state index >= 15 is 0 Å². The van der Waals surface area contributed by atoms with E-state index in [0.29, 0.717) is 28.4 Å². The minimum Gasteiger partial charge on any atom is -0.359 e. The first-order chi connectivity index (χ1) is 11.0. The molecular formula is C16H17N3O3S. The standard InChI is InChI=1S/C16H17N3O3S/c1-10(20)16-18-9-13(23-16)15(22)19-12-6-4-3-5-11(12)7-8-14(21)17-2/h3-6,9H,7-8H2,1-2H3,(H,17,21)(H,19,22). The van der Waals surface area contributed by atoms with E-state index in [4.69, 9.17) is 0 Å². The van der Waals surface area contributed by atoms with E-state index in [1.165, 1.54) is 13.1 Å². The Kier molecular flexibility index (Phi) is 5.59. The normalized spacial score (nSPS) is 10.2. The molecule has 2 N–H and O–H groups in total. The second-order valence-corrected chi connectivity index (χ2v) is 5.90. The number of nitrogens with zero attached hydrogens (tertiary/aromatic N) is 1. The molecular weight excluding hydrogens is 314 g/mol. The Morgan fingerprint density at radius 1 is 1.22 bits per heavy atom. The fraction of sp³-hybridized carbons (Fsp3) is 0.250. The van der Waals surface area contributed by atoms with E-state index < -0.39 is 0 Å². The SMILES string of the molecule is CNC(=O)CCc1ccccc1NC(=O)c1cnc(C(C)=O)s1. The maximum absolute atomic E-state index is 12.3. The Balaban J connectivity index is 2.11. The van der Waals surface area contributed by atoms with Crippen LogP contribution in [0, 0.1) is 0 Å². The van der Waals surface area contributed by atoms with Gasteiger partial charge in [-0.05, 0) is 18.1 Å². The topological polar surface area (TPSA) is 88.2 Å². The molecule has 0 unspecified atom stereocenters. The third-order valence-corrected chi connectivity index (χ3v) is 4.29. The molecule has 0 aliphatic heterocycles. The van der Waals surface area contributed by atoms with Crippen LogP contribution in [0.4, 0.5) is 5.69 Å². The fourth-order valence-electron chi connectivity index (χ4n) is 1.96. The van der Waals surface area contributed by atoms with Crippen LogP contribution in [0.3, 0.4) is 0 Å². The van der Waals surface area contributed by atoms with Crippen molar-refractivity contribution in [1.29, 1.82) is 0 Å². The van der Waals surface area contributed by atoms with Crippen LogP contribution >= 0.6 is 11.3 Å². The van der Waals surface area contributed by atoms with Crippen molar-refractivity contribution < 1.29 is 14.4 Å². The van der Waals surface area contributed by atoms with Crippen LogP contribution in [0.15, 0.2) is 30.5 Å². The molecule has 0 saturated carbocycles. The summed E-state index contributed by atoms with van der Waals surface area (Å²) in [5.74, 6) is -0.540. The smallest absolute Gasteiger partial charge is 0.267 e. The summed E-state index contributed by atoms with van der Waals surface area (Å²) < 4.78 is 0. The summed E-state index contributed by atoms with van der Waals surface area (Å²) in [5.41, 5.74) is 1.53. The lowest BCUT2D eigenvalue weighted by atomic mass is 10.1. The summed E-state index contributed by atoms with van der Waals surface area (Å²) in [5, 5.41) is 5.69. The van der Waals surface area contributed by atoms with Gasteiger partial charge in [0.1, 0.15) is 4.88 Å². The molecule has 23 heavy (non-hydrogen) atoms. The van der Waals surface area contributed by atoms with E-state index in [1.807, 2.05) is 18.2 Å². The number of anilines is 1. The van der Waals surface area contributed by atoms with Gasteiger partial charge in [0.25, 0.3) is 5.91 Å². The van der Waals surface area contributed by atoms with Gasteiger partial charge in [0, 0.05) is 26.1 Å². The van der Waals surface area contributed by atoms with Crippen LogP contribution < -0.4 is 10.6 Å². The van der Waals surface area contributed by atoms with Crippen molar-refractivity contribution in [3.63, 3.8) is 0 Å². The Labute approximate surface area is 137 Å². The summed E-state index contributed by atoms with van der Waals surface area (Å²) in [6, 6.07) is 7.32. The molecule has 1 aromatic heterocycles. The number of carbonyl (C=O) groups is 3. The van der Waals surface area contributed by atoms with Gasteiger partial charge in [-0.2, -0.15) is 0 Å². The molecule has 0 bridgehead atoms. The highest BCUT2D eigenvalue weighted by Gasteiger charge is 2.14. The number of ketones is 1. The van der Waals surface area contributed by atoms with Crippen molar-refractivity contribution in [2.75, 3.05) is 12.4 Å². The fourth-order valence-corrected chi connectivity index (χ4v) is 2.67. The Hall–Kier alpha value is -2.54. The number of aryl methyl sites for hydroxylation is 1. The summed E-state index contributed by atoms with van der Waals surface area (Å²) in [6.07, 6.45) is 2.26. The number of benzene rings is 1. The molecule has 2 rings (SSSR count). The molecule has 0 aliphatic carbocycles. The molecule has 1 aromatic carbocycles. The first-order valence-corrected chi connectivity index (χ1v) is 7.89. The minimum absolute atomic E-state index is 0.0558. The third kappa shape index (κ3) is 4.46. The summed E-state index contributed by atoms with van der Waals surface area (Å²) in [4.78, 5) is 39.2. The molecule has 2 aromatic rings. The zero-order chi connectivity index (χ0) is 16.8. The number of para-hydroxylation sites is 1. The average Bonchev–Trinajstić information content (AvgIpc) is 3.04. The van der Waals surface area contributed by atoms with Crippen LogP contribution in [0.1, 0.15) is 38.4 Å². The van der Waals surface area contributed by atoms with Crippen molar-refractivity contribution in [3.05, 3.63) is 45.9 Å². The Morgan fingerprint density at radius 2 is 1.96 bits per heavy atom. The Bertz CT molecular complexity index is 740. The van der Waals surface area contributed by atoms with E-state index in [-0.39, 0.29) is 17.6 Å². The van der Waals surface area contributed by atoms with Gasteiger partial charge in [-0.15, -0.1) is 11.3 Å². The van der Waals surface area contributed by atoms with Gasteiger partial charge < -0.3 is 10.6 Å². The van der Waals surface area contributed by atoms with Gasteiger partial charge in [-0.25, -0.2) is 4.98 Å². The van der Waals surface area contributed by atoms with Crippen LogP contribution in [-0.4, -0.2) is 29.6 Å². The number of Topliss-reactive ketones (excluding diaryl/α,β-unsaturated/α-hetero) is 1. The number of carbonyl (C=O) groups excluding carboxylic acids is 3. The van der Waals surface area contributed by atoms with Crippen molar-refractivity contribution >= 4 is 34.6 Å². The third-order valence-electron chi connectivity index (χ3n) is 3.20. The molecule has 0 spiro atoms. The van der Waals surface area contributed by atoms with Gasteiger partial charge in [0.15, 0.2) is 10.8 Å². The van der Waals surface area contributed by atoms with Crippen molar-refractivity contribution in [1.82, 2.24) is 10.3 Å². The van der Waals surface area contributed by atoms with Crippen LogP contribution in [-0.2, 0) is 11.2 Å². The minimum atomic E-state index is -0.317. The summed E-state index contributed by atoms with van der Waals surface area (Å²) in [6.45, 7) is 1.41. The number of hydrogen-bond acceptors (Lipinski definition) is 5. The van der Waals surface area contributed by atoms with Crippen LogP contribution in [0.25, 0.3) is 0 Å². The quantitative estimate of drug-likeness (QED) is 0.795. The highest BCUT2D eigenvalue weighted by molar-refractivity contribution is 7.15.